The first kappa shape index (κ1) is 13.6. The minimum atomic E-state index is -0.378. The van der Waals surface area contributed by atoms with Crippen LogP contribution in [0.15, 0.2) is 60.7 Å². The summed E-state index contributed by atoms with van der Waals surface area (Å²) in [5.74, 6) is 0.844. The van der Waals surface area contributed by atoms with Gasteiger partial charge in [-0.25, -0.2) is 4.79 Å². The molecule has 3 aromatic carbocycles. The van der Waals surface area contributed by atoms with Crippen LogP contribution in [0.2, 0.25) is 0 Å². The Morgan fingerprint density at radius 1 is 0.957 bits per heavy atom. The van der Waals surface area contributed by atoms with Gasteiger partial charge in [-0.1, -0.05) is 42.5 Å². The third kappa shape index (κ3) is 2.59. The molecular weight excluding hydrogens is 292 g/mol. The molecule has 0 N–H and O–H groups in total. The lowest BCUT2D eigenvalue weighted by Crippen LogP contribution is -2.05. The average molecular weight is 306 g/mol. The lowest BCUT2D eigenvalue weighted by Gasteiger charge is -2.08. The van der Waals surface area contributed by atoms with Crippen LogP contribution in [0, 0.1) is 0 Å². The Balaban J connectivity index is 1.53. The van der Waals surface area contributed by atoms with E-state index in [1.54, 1.807) is 18.2 Å². The summed E-state index contributed by atoms with van der Waals surface area (Å²) in [6.45, 7) is 0.415. The van der Waals surface area contributed by atoms with Gasteiger partial charge in [0.2, 0.25) is 6.79 Å². The highest BCUT2D eigenvalue weighted by atomic mass is 16.7. The molecule has 3 aromatic rings. The second-order valence-corrected chi connectivity index (χ2v) is 5.28. The van der Waals surface area contributed by atoms with Crippen LogP contribution >= 0.6 is 0 Å². The molecule has 1 aliphatic heterocycles. The van der Waals surface area contributed by atoms with Crippen molar-refractivity contribution in [3.63, 3.8) is 0 Å². The van der Waals surface area contributed by atoms with Crippen molar-refractivity contribution in [3.8, 4) is 11.5 Å². The first-order valence-electron chi connectivity index (χ1n) is 7.35. The SMILES string of the molecule is O=C(OCc1cccc2ccccc12)c1ccc2c(c1)OCO2. The Hall–Kier alpha value is -3.01. The van der Waals surface area contributed by atoms with E-state index in [1.165, 1.54) is 0 Å². The third-order valence-electron chi connectivity index (χ3n) is 3.85. The zero-order chi connectivity index (χ0) is 15.6. The molecule has 0 bridgehead atoms. The molecule has 0 amide bonds. The molecule has 4 heteroatoms. The van der Waals surface area contributed by atoms with Gasteiger partial charge in [-0.2, -0.15) is 0 Å². The Morgan fingerprint density at radius 2 is 1.78 bits per heavy atom. The first-order valence-corrected chi connectivity index (χ1v) is 7.35. The number of ether oxygens (including phenoxy) is 3. The van der Waals surface area contributed by atoms with Gasteiger partial charge in [0.25, 0.3) is 0 Å². The van der Waals surface area contributed by atoms with Crippen LogP contribution in [0.1, 0.15) is 15.9 Å². The number of esters is 1. The summed E-state index contributed by atoms with van der Waals surface area (Å²) < 4.78 is 16.0. The molecule has 4 nitrogen and oxygen atoms in total. The monoisotopic (exact) mass is 306 g/mol. The lowest BCUT2D eigenvalue weighted by molar-refractivity contribution is 0.0474. The predicted molar refractivity (Wildman–Crippen MR) is 85.6 cm³/mol. The topological polar surface area (TPSA) is 44.8 Å². The summed E-state index contributed by atoms with van der Waals surface area (Å²) in [5, 5.41) is 2.22. The van der Waals surface area contributed by atoms with E-state index < -0.39 is 0 Å². The van der Waals surface area contributed by atoms with Crippen LogP contribution in [-0.4, -0.2) is 12.8 Å². The maximum absolute atomic E-state index is 12.2. The smallest absolute Gasteiger partial charge is 0.338 e. The predicted octanol–water partition coefficient (Wildman–Crippen LogP) is 3.93. The number of benzene rings is 3. The van der Waals surface area contributed by atoms with Gasteiger partial charge in [-0.05, 0) is 34.5 Å². The molecule has 0 radical (unpaired) electrons. The highest BCUT2D eigenvalue weighted by Crippen LogP contribution is 2.32. The minimum Gasteiger partial charge on any atom is -0.457 e. The van der Waals surface area contributed by atoms with Crippen molar-refractivity contribution < 1.29 is 19.0 Å². The Labute approximate surface area is 133 Å². The van der Waals surface area contributed by atoms with Gasteiger partial charge in [-0.15, -0.1) is 0 Å². The van der Waals surface area contributed by atoms with Crippen LogP contribution in [-0.2, 0) is 11.3 Å². The van der Waals surface area contributed by atoms with Gasteiger partial charge in [0.15, 0.2) is 11.5 Å². The molecule has 0 aromatic heterocycles. The first-order chi connectivity index (χ1) is 11.3. The maximum Gasteiger partial charge on any atom is 0.338 e. The van der Waals surface area contributed by atoms with Crippen molar-refractivity contribution in [3.05, 3.63) is 71.8 Å². The van der Waals surface area contributed by atoms with E-state index >= 15 is 0 Å². The average Bonchev–Trinajstić information content (AvgIpc) is 3.07. The second kappa shape index (κ2) is 5.65. The van der Waals surface area contributed by atoms with Crippen molar-refractivity contribution in [2.75, 3.05) is 6.79 Å². The summed E-state index contributed by atoms with van der Waals surface area (Å²) in [5.41, 5.74) is 1.44. The molecule has 0 fully saturated rings. The molecule has 0 spiro atoms. The number of carbonyl (C=O) groups is 1. The van der Waals surface area contributed by atoms with Crippen LogP contribution in [0.4, 0.5) is 0 Å². The highest BCUT2D eigenvalue weighted by Gasteiger charge is 2.17. The molecule has 1 heterocycles. The fraction of sp³-hybridized carbons (Fsp3) is 0.105. The van der Waals surface area contributed by atoms with Crippen LogP contribution < -0.4 is 9.47 Å². The Kier molecular flexibility index (Phi) is 3.35. The number of rotatable bonds is 3. The fourth-order valence-electron chi connectivity index (χ4n) is 2.67. The van der Waals surface area contributed by atoms with Crippen molar-refractivity contribution in [1.29, 1.82) is 0 Å². The standard InChI is InChI=1S/C19H14O4/c20-19(14-8-9-17-18(10-14)23-12-22-17)21-11-15-6-3-5-13-4-1-2-7-16(13)15/h1-10H,11-12H2. The van der Waals surface area contributed by atoms with Gasteiger partial charge in [0.1, 0.15) is 6.61 Å². The zero-order valence-electron chi connectivity index (χ0n) is 12.3. The summed E-state index contributed by atoms with van der Waals surface area (Å²) in [7, 11) is 0. The molecule has 0 atom stereocenters. The Morgan fingerprint density at radius 3 is 2.74 bits per heavy atom. The molecule has 0 saturated heterocycles. The molecule has 1 aliphatic rings. The van der Waals surface area contributed by atoms with Gasteiger partial charge in [0.05, 0.1) is 5.56 Å². The lowest BCUT2D eigenvalue weighted by atomic mass is 10.1. The maximum atomic E-state index is 12.2. The van der Waals surface area contributed by atoms with Gasteiger partial charge >= 0.3 is 5.97 Å². The summed E-state index contributed by atoms with van der Waals surface area (Å²) in [6, 6.07) is 19.1. The van der Waals surface area contributed by atoms with Gasteiger partial charge in [-0.3, -0.25) is 0 Å². The number of hydrogen-bond donors (Lipinski definition) is 0. The molecule has 23 heavy (non-hydrogen) atoms. The van der Waals surface area contributed by atoms with Crippen molar-refractivity contribution in [2.24, 2.45) is 0 Å². The largest absolute Gasteiger partial charge is 0.457 e. The second-order valence-electron chi connectivity index (χ2n) is 5.28. The third-order valence-corrected chi connectivity index (χ3v) is 3.85. The highest BCUT2D eigenvalue weighted by molar-refractivity contribution is 5.91. The Bertz CT molecular complexity index is 880. The van der Waals surface area contributed by atoms with Crippen LogP contribution in [0.25, 0.3) is 10.8 Å². The summed E-state index contributed by atoms with van der Waals surface area (Å²) in [6.07, 6.45) is 0. The minimum absolute atomic E-state index is 0.184. The van der Waals surface area contributed by atoms with Crippen LogP contribution in [0.5, 0.6) is 11.5 Å². The van der Waals surface area contributed by atoms with E-state index in [-0.39, 0.29) is 19.4 Å². The molecule has 114 valence electrons. The van der Waals surface area contributed by atoms with Crippen molar-refractivity contribution >= 4 is 16.7 Å². The number of carbonyl (C=O) groups excluding carboxylic acids is 1. The number of fused-ring (bicyclic) bond motifs is 2. The molecule has 0 aliphatic carbocycles. The van der Waals surface area contributed by atoms with E-state index in [4.69, 9.17) is 14.2 Å². The zero-order valence-corrected chi connectivity index (χ0v) is 12.3. The summed E-state index contributed by atoms with van der Waals surface area (Å²) >= 11 is 0. The number of hydrogen-bond acceptors (Lipinski definition) is 4. The normalized spacial score (nSPS) is 12.3. The van der Waals surface area contributed by atoms with Crippen molar-refractivity contribution in [1.82, 2.24) is 0 Å². The van der Waals surface area contributed by atoms with E-state index in [0.717, 1.165) is 16.3 Å². The van der Waals surface area contributed by atoms with Crippen molar-refractivity contribution in [2.45, 2.75) is 6.61 Å². The molecule has 0 saturated carbocycles. The molecular formula is C19H14O4. The van der Waals surface area contributed by atoms with E-state index in [2.05, 4.69) is 0 Å². The van der Waals surface area contributed by atoms with E-state index in [1.807, 2.05) is 42.5 Å². The molecule has 4 rings (SSSR count). The van der Waals surface area contributed by atoms with Gasteiger partial charge < -0.3 is 14.2 Å². The van der Waals surface area contributed by atoms with E-state index in [9.17, 15) is 4.79 Å². The van der Waals surface area contributed by atoms with Gasteiger partial charge in [0, 0.05) is 0 Å². The fourth-order valence-corrected chi connectivity index (χ4v) is 2.67. The van der Waals surface area contributed by atoms with Crippen LogP contribution in [0.3, 0.4) is 0 Å². The quantitative estimate of drug-likeness (QED) is 0.688. The molecule has 0 unspecified atom stereocenters. The van der Waals surface area contributed by atoms with E-state index in [0.29, 0.717) is 17.1 Å². The summed E-state index contributed by atoms with van der Waals surface area (Å²) in [4.78, 5) is 12.2.